The standard InChI is InChI=1S/C24H15Br2NO3/c25-23-13-7-1-2-8-14(13)24(26,16-10-4-3-9-15(16)23)20-19(23)21(29)27(22(20)30)17-11-5-6-12-18(17)28/h1-12,19-20,28H/t19-,20+,23?,24?. The van der Waals surface area contributed by atoms with Gasteiger partial charge in [-0.15, -0.1) is 0 Å². The summed E-state index contributed by atoms with van der Waals surface area (Å²) in [6, 6.07) is 22.4. The Balaban J connectivity index is 1.68. The van der Waals surface area contributed by atoms with Crippen molar-refractivity contribution in [2.45, 2.75) is 8.65 Å². The molecular weight excluding hydrogens is 510 g/mol. The first-order valence-electron chi connectivity index (χ1n) is 9.65. The molecule has 4 aliphatic rings. The second-order valence-corrected chi connectivity index (χ2v) is 10.5. The molecule has 0 unspecified atom stereocenters. The lowest BCUT2D eigenvalue weighted by Crippen LogP contribution is -2.56. The van der Waals surface area contributed by atoms with Gasteiger partial charge in [-0.3, -0.25) is 9.59 Å². The molecule has 3 aliphatic carbocycles. The summed E-state index contributed by atoms with van der Waals surface area (Å²) in [6.07, 6.45) is 0. The fourth-order valence-electron chi connectivity index (χ4n) is 5.56. The molecule has 4 nitrogen and oxygen atoms in total. The van der Waals surface area contributed by atoms with E-state index in [1.165, 1.54) is 6.07 Å². The lowest BCUT2D eigenvalue weighted by molar-refractivity contribution is -0.122. The molecule has 0 radical (unpaired) electrons. The normalized spacial score (nSPS) is 30.8. The van der Waals surface area contributed by atoms with Crippen molar-refractivity contribution in [2.24, 2.45) is 11.8 Å². The van der Waals surface area contributed by atoms with Crippen LogP contribution >= 0.6 is 31.9 Å². The number of phenols is 1. The summed E-state index contributed by atoms with van der Waals surface area (Å²) in [5.74, 6) is -2.00. The van der Waals surface area contributed by atoms with Gasteiger partial charge in [0.05, 0.1) is 26.2 Å². The van der Waals surface area contributed by atoms with Gasteiger partial charge in [0.2, 0.25) is 11.8 Å². The summed E-state index contributed by atoms with van der Waals surface area (Å²) >= 11 is 7.93. The molecule has 2 amide bonds. The number of carbonyl (C=O) groups is 2. The average molecular weight is 525 g/mol. The maximum atomic E-state index is 13.8. The zero-order chi connectivity index (χ0) is 20.8. The minimum Gasteiger partial charge on any atom is -0.506 e. The van der Waals surface area contributed by atoms with Crippen LogP contribution in [0.1, 0.15) is 22.3 Å². The van der Waals surface area contributed by atoms with Gasteiger partial charge in [-0.25, -0.2) is 4.90 Å². The second kappa shape index (κ2) is 5.83. The first-order chi connectivity index (χ1) is 14.4. The third-order valence-corrected chi connectivity index (χ3v) is 9.40. The molecule has 3 aromatic carbocycles. The Morgan fingerprint density at radius 3 is 1.43 bits per heavy atom. The molecule has 30 heavy (non-hydrogen) atoms. The molecule has 0 saturated carbocycles. The summed E-state index contributed by atoms with van der Waals surface area (Å²) in [6.45, 7) is 0. The number of carbonyl (C=O) groups excluding carboxylic acids is 2. The number of rotatable bonds is 1. The van der Waals surface area contributed by atoms with Crippen LogP contribution in [0.5, 0.6) is 5.75 Å². The Kier molecular flexibility index (Phi) is 3.56. The number of hydrogen-bond acceptors (Lipinski definition) is 3. The molecule has 1 saturated heterocycles. The molecule has 1 N–H and O–H groups in total. The van der Waals surface area contributed by atoms with Crippen molar-refractivity contribution in [1.82, 2.24) is 0 Å². The van der Waals surface area contributed by atoms with Crippen molar-refractivity contribution in [3.05, 3.63) is 95.1 Å². The van der Waals surface area contributed by atoms with Crippen LogP contribution in [0.25, 0.3) is 0 Å². The van der Waals surface area contributed by atoms with E-state index in [2.05, 4.69) is 31.9 Å². The van der Waals surface area contributed by atoms with Gasteiger partial charge in [0, 0.05) is 0 Å². The highest BCUT2D eigenvalue weighted by Gasteiger charge is 2.72. The largest absolute Gasteiger partial charge is 0.506 e. The van der Waals surface area contributed by atoms with Gasteiger partial charge in [-0.1, -0.05) is 92.5 Å². The van der Waals surface area contributed by atoms with E-state index in [-0.39, 0.29) is 23.3 Å². The molecule has 2 atom stereocenters. The zero-order valence-electron chi connectivity index (χ0n) is 15.5. The average Bonchev–Trinajstić information content (AvgIpc) is 3.04. The number of para-hydroxylation sites is 2. The van der Waals surface area contributed by atoms with Crippen molar-refractivity contribution in [3.8, 4) is 5.75 Å². The van der Waals surface area contributed by atoms with E-state index in [9.17, 15) is 14.7 Å². The van der Waals surface area contributed by atoms with Crippen molar-refractivity contribution in [1.29, 1.82) is 0 Å². The van der Waals surface area contributed by atoms with E-state index in [4.69, 9.17) is 0 Å². The van der Waals surface area contributed by atoms with Gasteiger partial charge in [0.25, 0.3) is 0 Å². The van der Waals surface area contributed by atoms with Crippen LogP contribution in [-0.2, 0) is 18.2 Å². The lowest BCUT2D eigenvalue weighted by atomic mass is 9.54. The molecule has 1 fully saturated rings. The predicted molar refractivity (Wildman–Crippen MR) is 120 cm³/mol. The van der Waals surface area contributed by atoms with Crippen LogP contribution in [0.2, 0.25) is 0 Å². The van der Waals surface area contributed by atoms with Crippen LogP contribution in [0, 0.1) is 11.8 Å². The van der Waals surface area contributed by atoms with Gasteiger partial charge < -0.3 is 5.11 Å². The summed E-state index contributed by atoms with van der Waals surface area (Å²) in [5, 5.41) is 10.4. The van der Waals surface area contributed by atoms with E-state index in [0.717, 1.165) is 27.2 Å². The van der Waals surface area contributed by atoms with Gasteiger partial charge >= 0.3 is 0 Å². The maximum Gasteiger partial charge on any atom is 0.240 e. The van der Waals surface area contributed by atoms with Crippen LogP contribution in [0.15, 0.2) is 72.8 Å². The summed E-state index contributed by atoms with van der Waals surface area (Å²) in [4.78, 5) is 28.8. The van der Waals surface area contributed by atoms with Crippen molar-refractivity contribution in [3.63, 3.8) is 0 Å². The number of benzene rings is 3. The van der Waals surface area contributed by atoms with Crippen LogP contribution in [0.4, 0.5) is 5.69 Å². The van der Waals surface area contributed by atoms with Gasteiger partial charge in [0.1, 0.15) is 5.75 Å². The van der Waals surface area contributed by atoms with Crippen LogP contribution < -0.4 is 4.90 Å². The Morgan fingerprint density at radius 2 is 1.03 bits per heavy atom. The molecule has 1 aliphatic heterocycles. The van der Waals surface area contributed by atoms with Crippen LogP contribution in [0.3, 0.4) is 0 Å². The van der Waals surface area contributed by atoms with E-state index in [1.807, 2.05) is 48.5 Å². The van der Waals surface area contributed by atoms with E-state index >= 15 is 0 Å². The number of imide groups is 1. The highest BCUT2D eigenvalue weighted by molar-refractivity contribution is 9.10. The number of alkyl halides is 2. The SMILES string of the molecule is O=C1[C@@H]2[C@H](C(=O)N1c1ccccc1O)C1(Br)c3ccccc3C2(Br)c2ccccc21. The maximum absolute atomic E-state index is 13.8. The Morgan fingerprint density at radius 1 is 0.667 bits per heavy atom. The Hall–Kier alpha value is -2.44. The summed E-state index contributed by atoms with van der Waals surface area (Å²) in [5.41, 5.74) is 4.18. The second-order valence-electron chi connectivity index (χ2n) is 7.97. The topological polar surface area (TPSA) is 57.6 Å². The Labute approximate surface area is 189 Å². The van der Waals surface area contributed by atoms with Gasteiger partial charge in [0.15, 0.2) is 0 Å². The van der Waals surface area contributed by atoms with E-state index in [0.29, 0.717) is 0 Å². The smallest absolute Gasteiger partial charge is 0.240 e. The lowest BCUT2D eigenvalue weighted by Gasteiger charge is -2.55. The molecule has 7 rings (SSSR count). The minimum absolute atomic E-state index is 0.0903. The number of hydrogen-bond donors (Lipinski definition) is 1. The molecule has 6 heteroatoms. The molecule has 0 aromatic heterocycles. The van der Waals surface area contributed by atoms with Gasteiger partial charge in [-0.2, -0.15) is 0 Å². The molecule has 3 aromatic rings. The third kappa shape index (κ3) is 1.88. The Bertz CT molecular complexity index is 1150. The third-order valence-electron chi connectivity index (χ3n) is 6.71. The fraction of sp³-hybridized carbons (Fsp3) is 0.167. The number of phenolic OH excluding ortho intramolecular Hbond substituents is 1. The first-order valence-corrected chi connectivity index (χ1v) is 11.2. The number of amides is 2. The highest BCUT2D eigenvalue weighted by atomic mass is 79.9. The predicted octanol–water partition coefficient (Wildman–Crippen LogP) is 4.80. The minimum atomic E-state index is -0.827. The molecular formula is C24H15Br2NO3. The number of aromatic hydroxyl groups is 1. The molecule has 2 bridgehead atoms. The number of nitrogens with zero attached hydrogens (tertiary/aromatic N) is 1. The highest BCUT2D eigenvalue weighted by Crippen LogP contribution is 2.71. The summed E-state index contributed by atoms with van der Waals surface area (Å²) < 4.78 is -1.65. The van der Waals surface area contributed by atoms with Gasteiger partial charge in [-0.05, 0) is 34.4 Å². The molecule has 0 spiro atoms. The van der Waals surface area contributed by atoms with E-state index in [1.54, 1.807) is 18.2 Å². The molecule has 148 valence electrons. The van der Waals surface area contributed by atoms with E-state index < -0.39 is 20.5 Å². The number of halogens is 2. The zero-order valence-corrected chi connectivity index (χ0v) is 18.7. The molecule has 1 heterocycles. The monoisotopic (exact) mass is 523 g/mol. The summed E-state index contributed by atoms with van der Waals surface area (Å²) in [7, 11) is 0. The van der Waals surface area contributed by atoms with Crippen molar-refractivity contribution >= 4 is 49.4 Å². The first kappa shape index (κ1) is 18.3. The number of anilines is 1. The van der Waals surface area contributed by atoms with Crippen molar-refractivity contribution in [2.75, 3.05) is 4.90 Å². The van der Waals surface area contributed by atoms with Crippen LogP contribution in [-0.4, -0.2) is 16.9 Å². The quantitative estimate of drug-likeness (QED) is 0.367. The fourth-order valence-corrected chi connectivity index (χ4v) is 7.86. The van der Waals surface area contributed by atoms with Crippen molar-refractivity contribution < 1.29 is 14.7 Å².